The maximum absolute atomic E-state index is 12.1. The van der Waals surface area contributed by atoms with E-state index in [0.29, 0.717) is 17.6 Å². The van der Waals surface area contributed by atoms with Crippen molar-refractivity contribution in [2.24, 2.45) is 0 Å². The summed E-state index contributed by atoms with van der Waals surface area (Å²) in [6.07, 6.45) is 4.39. The molecule has 2 aromatic carbocycles. The van der Waals surface area contributed by atoms with Crippen LogP contribution in [0.4, 0.5) is 0 Å². The van der Waals surface area contributed by atoms with Gasteiger partial charge in [-0.25, -0.2) is 4.68 Å². The number of hydrogen-bond acceptors (Lipinski definition) is 4. The van der Waals surface area contributed by atoms with E-state index in [1.54, 1.807) is 0 Å². The Bertz CT molecular complexity index is 1070. The summed E-state index contributed by atoms with van der Waals surface area (Å²) in [6.45, 7) is 4.99. The van der Waals surface area contributed by atoms with Crippen molar-refractivity contribution in [2.45, 2.75) is 25.4 Å². The number of nitrogens with zero attached hydrogens (tertiary/aromatic N) is 4. The molecular formula is C25H28ClN5O. The second-order valence-corrected chi connectivity index (χ2v) is 9.12. The van der Waals surface area contributed by atoms with Crippen LogP contribution in [0.2, 0.25) is 5.02 Å². The van der Waals surface area contributed by atoms with Gasteiger partial charge in [0.15, 0.2) is 0 Å². The van der Waals surface area contributed by atoms with Crippen molar-refractivity contribution in [3.63, 3.8) is 0 Å². The molecule has 1 aliphatic carbocycles. The van der Waals surface area contributed by atoms with Crippen molar-refractivity contribution < 1.29 is 4.79 Å². The standard InChI is InChI=1S/C25H28ClN5O/c26-21-6-4-5-19(15-21)25-20(17-31(28-25)23-7-2-1-3-8-23)16-29-11-13-30(14-12-29)18-24(32)27-22-9-10-22/h1-8,15,17,22H,9-14,16,18H2,(H,27,32). The van der Waals surface area contributed by atoms with Gasteiger partial charge in [0.2, 0.25) is 5.91 Å². The number of amides is 1. The van der Waals surface area contributed by atoms with E-state index in [0.717, 1.165) is 62.5 Å². The normalized spacial score (nSPS) is 17.4. The lowest BCUT2D eigenvalue weighted by molar-refractivity contribution is -0.122. The minimum atomic E-state index is 0.160. The number of carbonyl (C=O) groups excluding carboxylic acids is 1. The average molecular weight is 450 g/mol. The van der Waals surface area contributed by atoms with Gasteiger partial charge in [0.1, 0.15) is 0 Å². The number of hydrogen-bond donors (Lipinski definition) is 1. The van der Waals surface area contributed by atoms with Gasteiger partial charge in [-0.05, 0) is 37.1 Å². The zero-order valence-corrected chi connectivity index (χ0v) is 18.8. The number of nitrogens with one attached hydrogen (secondary N) is 1. The van der Waals surface area contributed by atoms with E-state index in [2.05, 4.69) is 39.5 Å². The van der Waals surface area contributed by atoms with E-state index < -0.39 is 0 Å². The smallest absolute Gasteiger partial charge is 0.234 e. The molecule has 1 saturated heterocycles. The summed E-state index contributed by atoms with van der Waals surface area (Å²) in [4.78, 5) is 16.8. The zero-order chi connectivity index (χ0) is 21.9. The highest BCUT2D eigenvalue weighted by Gasteiger charge is 2.26. The minimum absolute atomic E-state index is 0.160. The Kier molecular flexibility index (Phi) is 6.26. The molecule has 3 aromatic rings. The summed E-state index contributed by atoms with van der Waals surface area (Å²) in [7, 11) is 0. The summed E-state index contributed by atoms with van der Waals surface area (Å²) in [5, 5.41) is 8.71. The third kappa shape index (κ3) is 5.21. The van der Waals surface area contributed by atoms with Crippen molar-refractivity contribution in [1.29, 1.82) is 0 Å². The highest BCUT2D eigenvalue weighted by molar-refractivity contribution is 6.30. The first-order valence-electron chi connectivity index (χ1n) is 11.3. The predicted molar refractivity (Wildman–Crippen MR) is 127 cm³/mol. The van der Waals surface area contributed by atoms with Crippen LogP contribution in [-0.4, -0.2) is 64.3 Å². The number of halogens is 1. The van der Waals surface area contributed by atoms with Crippen LogP contribution in [0, 0.1) is 0 Å². The van der Waals surface area contributed by atoms with Crippen LogP contribution in [0.15, 0.2) is 60.8 Å². The van der Waals surface area contributed by atoms with Gasteiger partial charge in [0.05, 0.1) is 17.9 Å². The lowest BCUT2D eigenvalue weighted by Crippen LogP contribution is -2.49. The molecule has 1 aromatic heterocycles. The van der Waals surface area contributed by atoms with Crippen molar-refractivity contribution in [2.75, 3.05) is 32.7 Å². The number of aromatic nitrogens is 2. The highest BCUT2D eigenvalue weighted by atomic mass is 35.5. The number of benzene rings is 2. The maximum atomic E-state index is 12.1. The lowest BCUT2D eigenvalue weighted by Gasteiger charge is -2.34. The summed E-state index contributed by atoms with van der Waals surface area (Å²) in [6, 6.07) is 18.5. The van der Waals surface area contributed by atoms with Crippen molar-refractivity contribution >= 4 is 17.5 Å². The molecule has 6 nitrogen and oxygen atoms in total. The van der Waals surface area contributed by atoms with Crippen LogP contribution in [0.25, 0.3) is 16.9 Å². The molecule has 0 spiro atoms. The quantitative estimate of drug-likeness (QED) is 0.599. The topological polar surface area (TPSA) is 53.4 Å². The molecule has 1 N–H and O–H groups in total. The van der Waals surface area contributed by atoms with Crippen LogP contribution in [0.5, 0.6) is 0 Å². The lowest BCUT2D eigenvalue weighted by atomic mass is 10.1. The van der Waals surface area contributed by atoms with E-state index in [4.69, 9.17) is 16.7 Å². The molecule has 2 aliphatic rings. The molecule has 2 heterocycles. The van der Waals surface area contributed by atoms with Gasteiger partial charge in [-0.15, -0.1) is 0 Å². The Balaban J connectivity index is 1.29. The largest absolute Gasteiger partial charge is 0.352 e. The van der Waals surface area contributed by atoms with Crippen molar-refractivity contribution in [3.8, 4) is 16.9 Å². The third-order valence-corrected chi connectivity index (χ3v) is 6.31. The van der Waals surface area contributed by atoms with E-state index in [9.17, 15) is 4.79 Å². The second-order valence-electron chi connectivity index (χ2n) is 8.69. The molecule has 1 saturated carbocycles. The molecule has 7 heteroatoms. The minimum Gasteiger partial charge on any atom is -0.352 e. The number of carbonyl (C=O) groups is 1. The molecule has 166 valence electrons. The fraction of sp³-hybridized carbons (Fsp3) is 0.360. The fourth-order valence-corrected chi connectivity index (χ4v) is 4.36. The molecule has 2 fully saturated rings. The summed E-state index contributed by atoms with van der Waals surface area (Å²) in [5.41, 5.74) is 4.20. The molecule has 1 amide bonds. The Hall–Kier alpha value is -2.67. The molecule has 0 radical (unpaired) electrons. The van der Waals surface area contributed by atoms with Crippen LogP contribution in [0.3, 0.4) is 0 Å². The monoisotopic (exact) mass is 449 g/mol. The maximum Gasteiger partial charge on any atom is 0.234 e. The fourth-order valence-electron chi connectivity index (χ4n) is 4.17. The Labute approximate surface area is 193 Å². The third-order valence-electron chi connectivity index (χ3n) is 6.08. The zero-order valence-electron chi connectivity index (χ0n) is 18.1. The Morgan fingerprint density at radius 1 is 1.00 bits per heavy atom. The molecule has 0 atom stereocenters. The van der Waals surface area contributed by atoms with Gasteiger partial charge < -0.3 is 5.32 Å². The average Bonchev–Trinajstić information content (AvgIpc) is 3.51. The molecule has 0 unspecified atom stereocenters. The van der Waals surface area contributed by atoms with E-state index in [1.165, 1.54) is 5.56 Å². The van der Waals surface area contributed by atoms with E-state index in [-0.39, 0.29) is 5.91 Å². The van der Waals surface area contributed by atoms with Crippen LogP contribution < -0.4 is 5.32 Å². The van der Waals surface area contributed by atoms with Gasteiger partial charge in [0, 0.05) is 61.1 Å². The number of piperazine rings is 1. The van der Waals surface area contributed by atoms with Crippen LogP contribution in [0.1, 0.15) is 18.4 Å². The Morgan fingerprint density at radius 2 is 1.75 bits per heavy atom. The molecular weight excluding hydrogens is 422 g/mol. The first kappa shape index (κ1) is 21.2. The van der Waals surface area contributed by atoms with E-state index in [1.807, 2.05) is 41.1 Å². The summed E-state index contributed by atoms with van der Waals surface area (Å²) in [5.74, 6) is 0.160. The highest BCUT2D eigenvalue weighted by Crippen LogP contribution is 2.27. The van der Waals surface area contributed by atoms with Gasteiger partial charge >= 0.3 is 0 Å². The van der Waals surface area contributed by atoms with E-state index >= 15 is 0 Å². The predicted octanol–water partition coefficient (Wildman–Crippen LogP) is 3.59. The van der Waals surface area contributed by atoms with Crippen molar-refractivity contribution in [3.05, 3.63) is 71.4 Å². The summed E-state index contributed by atoms with van der Waals surface area (Å²) >= 11 is 6.27. The first-order chi connectivity index (χ1) is 15.6. The first-order valence-corrected chi connectivity index (χ1v) is 11.7. The molecule has 0 bridgehead atoms. The molecule has 1 aliphatic heterocycles. The van der Waals surface area contributed by atoms with Gasteiger partial charge in [0.25, 0.3) is 0 Å². The molecule has 5 rings (SSSR count). The van der Waals surface area contributed by atoms with Crippen LogP contribution in [-0.2, 0) is 11.3 Å². The Morgan fingerprint density at radius 3 is 2.47 bits per heavy atom. The van der Waals surface area contributed by atoms with Gasteiger partial charge in [-0.2, -0.15) is 5.10 Å². The van der Waals surface area contributed by atoms with Crippen LogP contribution >= 0.6 is 11.6 Å². The number of para-hydroxylation sites is 1. The number of rotatable bonds is 7. The second kappa shape index (κ2) is 9.45. The summed E-state index contributed by atoms with van der Waals surface area (Å²) < 4.78 is 1.95. The van der Waals surface area contributed by atoms with Gasteiger partial charge in [-0.1, -0.05) is 41.9 Å². The van der Waals surface area contributed by atoms with Crippen molar-refractivity contribution in [1.82, 2.24) is 24.9 Å². The van der Waals surface area contributed by atoms with Gasteiger partial charge in [-0.3, -0.25) is 14.6 Å². The molecule has 32 heavy (non-hydrogen) atoms. The SMILES string of the molecule is O=C(CN1CCN(Cc2cn(-c3ccccc3)nc2-c2cccc(Cl)c2)CC1)NC1CC1.